The van der Waals surface area contributed by atoms with Crippen molar-refractivity contribution in [1.29, 1.82) is 0 Å². The molecule has 0 aliphatic carbocycles. The Hall–Kier alpha value is -1.89. The minimum absolute atomic E-state index is 0.0113. The van der Waals surface area contributed by atoms with E-state index in [4.69, 9.17) is 14.4 Å². The molecule has 0 atom stereocenters. The van der Waals surface area contributed by atoms with Crippen LogP contribution in [0, 0.1) is 6.92 Å². The number of aliphatic carboxylic acids is 1. The van der Waals surface area contributed by atoms with E-state index in [9.17, 15) is 9.59 Å². The van der Waals surface area contributed by atoms with E-state index in [2.05, 4.69) is 5.16 Å². The summed E-state index contributed by atoms with van der Waals surface area (Å²) in [5.41, 5.74) is 0.327. The number of rotatable bonds is 5. The van der Waals surface area contributed by atoms with Crippen LogP contribution in [0.1, 0.15) is 35.5 Å². The van der Waals surface area contributed by atoms with Crippen LogP contribution in [0.5, 0.6) is 0 Å². The van der Waals surface area contributed by atoms with Gasteiger partial charge in [-0.2, -0.15) is 0 Å². The Kier molecular flexibility index (Phi) is 4.73. The van der Waals surface area contributed by atoms with Crippen LogP contribution >= 0.6 is 0 Å². The topological polar surface area (TPSA) is 92.9 Å². The summed E-state index contributed by atoms with van der Waals surface area (Å²) in [4.78, 5) is 24.2. The minimum Gasteiger partial charge on any atom is -0.481 e. The zero-order chi connectivity index (χ0) is 14.5. The Morgan fingerprint density at radius 3 is 2.75 bits per heavy atom. The van der Waals surface area contributed by atoms with Crippen molar-refractivity contribution in [2.75, 3.05) is 19.7 Å². The fraction of sp³-hybridized carbons (Fsp3) is 0.615. The van der Waals surface area contributed by atoms with Crippen LogP contribution in [-0.2, 0) is 9.53 Å². The number of amides is 1. The first kappa shape index (κ1) is 14.5. The molecule has 1 aliphatic heterocycles. The molecule has 1 saturated heterocycles. The third kappa shape index (κ3) is 3.80. The van der Waals surface area contributed by atoms with E-state index in [1.165, 1.54) is 0 Å². The average Bonchev–Trinajstić information content (AvgIpc) is 2.85. The standard InChI is InChI=1S/C13H18N2O5/c1-9-8-11(14-20-9)13(18)15-5-2-10(3-6-15)19-7-4-12(16)17/h8,10H,2-7H2,1H3,(H,16,17). The van der Waals surface area contributed by atoms with E-state index in [0.717, 1.165) is 0 Å². The van der Waals surface area contributed by atoms with Crippen LogP contribution < -0.4 is 0 Å². The van der Waals surface area contributed by atoms with Crippen molar-refractivity contribution < 1.29 is 24.0 Å². The number of likely N-dealkylation sites (tertiary alicyclic amines) is 1. The van der Waals surface area contributed by atoms with E-state index in [1.807, 2.05) is 0 Å². The molecule has 0 bridgehead atoms. The van der Waals surface area contributed by atoms with Crippen molar-refractivity contribution in [3.05, 3.63) is 17.5 Å². The molecular formula is C13H18N2O5. The molecule has 1 fully saturated rings. The number of ether oxygens (including phenoxy) is 1. The van der Waals surface area contributed by atoms with Gasteiger partial charge in [0.1, 0.15) is 5.76 Å². The monoisotopic (exact) mass is 282 g/mol. The molecule has 20 heavy (non-hydrogen) atoms. The Balaban J connectivity index is 1.76. The summed E-state index contributed by atoms with van der Waals surface area (Å²) in [5, 5.41) is 12.3. The molecule has 7 nitrogen and oxygen atoms in total. The maximum Gasteiger partial charge on any atom is 0.305 e. The number of hydrogen-bond donors (Lipinski definition) is 1. The van der Waals surface area contributed by atoms with E-state index in [1.54, 1.807) is 17.9 Å². The lowest BCUT2D eigenvalue weighted by Crippen LogP contribution is -2.41. The van der Waals surface area contributed by atoms with Gasteiger partial charge in [0.15, 0.2) is 5.69 Å². The predicted molar refractivity (Wildman–Crippen MR) is 68.4 cm³/mol. The molecule has 0 aromatic carbocycles. The van der Waals surface area contributed by atoms with Crippen molar-refractivity contribution in [3.63, 3.8) is 0 Å². The minimum atomic E-state index is -0.862. The van der Waals surface area contributed by atoms with Gasteiger partial charge in [-0.3, -0.25) is 9.59 Å². The Bertz CT molecular complexity index is 477. The predicted octanol–water partition coefficient (Wildman–Crippen LogP) is 1.08. The largest absolute Gasteiger partial charge is 0.481 e. The van der Waals surface area contributed by atoms with Crippen LogP contribution in [0.15, 0.2) is 10.6 Å². The first-order valence-corrected chi connectivity index (χ1v) is 6.62. The number of carboxylic acid groups (broad SMARTS) is 1. The number of hydrogen-bond acceptors (Lipinski definition) is 5. The molecule has 1 aliphatic rings. The van der Waals surface area contributed by atoms with Gasteiger partial charge < -0.3 is 19.3 Å². The van der Waals surface area contributed by atoms with Crippen LogP contribution in [0.3, 0.4) is 0 Å². The molecule has 1 aromatic heterocycles. The average molecular weight is 282 g/mol. The first-order valence-electron chi connectivity index (χ1n) is 6.62. The highest BCUT2D eigenvalue weighted by Crippen LogP contribution is 2.16. The normalized spacial score (nSPS) is 16.4. The highest BCUT2D eigenvalue weighted by molar-refractivity contribution is 5.92. The van der Waals surface area contributed by atoms with Gasteiger partial charge in [-0.15, -0.1) is 0 Å². The highest BCUT2D eigenvalue weighted by atomic mass is 16.5. The van der Waals surface area contributed by atoms with E-state index in [0.29, 0.717) is 37.4 Å². The molecule has 0 spiro atoms. The number of carbonyl (C=O) groups excluding carboxylic acids is 1. The molecule has 0 radical (unpaired) electrons. The summed E-state index contributed by atoms with van der Waals surface area (Å²) in [6, 6.07) is 1.62. The van der Waals surface area contributed by atoms with Gasteiger partial charge in [0.25, 0.3) is 5.91 Å². The summed E-state index contributed by atoms with van der Waals surface area (Å²) in [7, 11) is 0. The molecule has 1 N–H and O–H groups in total. The lowest BCUT2D eigenvalue weighted by molar-refractivity contribution is -0.138. The summed E-state index contributed by atoms with van der Waals surface area (Å²) < 4.78 is 10.4. The zero-order valence-electron chi connectivity index (χ0n) is 11.4. The Morgan fingerprint density at radius 1 is 1.50 bits per heavy atom. The van der Waals surface area contributed by atoms with Gasteiger partial charge in [0, 0.05) is 19.2 Å². The molecule has 110 valence electrons. The molecule has 0 saturated carbocycles. The van der Waals surface area contributed by atoms with Gasteiger partial charge in [0.2, 0.25) is 0 Å². The Labute approximate surface area is 116 Å². The van der Waals surface area contributed by atoms with Crippen LogP contribution in [-0.4, -0.2) is 52.8 Å². The second-order valence-electron chi connectivity index (χ2n) is 4.83. The summed E-state index contributed by atoms with van der Waals surface area (Å²) in [5.74, 6) is -0.384. The number of piperidine rings is 1. The van der Waals surface area contributed by atoms with Gasteiger partial charge >= 0.3 is 5.97 Å². The maximum atomic E-state index is 12.1. The van der Waals surface area contributed by atoms with Crippen molar-refractivity contribution in [1.82, 2.24) is 10.1 Å². The molecular weight excluding hydrogens is 264 g/mol. The van der Waals surface area contributed by atoms with Gasteiger partial charge in [-0.1, -0.05) is 5.16 Å². The number of carboxylic acids is 1. The quantitative estimate of drug-likeness (QED) is 0.868. The molecule has 1 aromatic rings. The van der Waals surface area contributed by atoms with Crippen molar-refractivity contribution in [2.24, 2.45) is 0 Å². The van der Waals surface area contributed by atoms with E-state index < -0.39 is 5.97 Å². The third-order valence-corrected chi connectivity index (χ3v) is 3.25. The Morgan fingerprint density at radius 2 is 2.20 bits per heavy atom. The highest BCUT2D eigenvalue weighted by Gasteiger charge is 2.25. The first-order chi connectivity index (χ1) is 9.56. The number of aryl methyl sites for hydroxylation is 1. The molecule has 0 unspecified atom stereocenters. The van der Waals surface area contributed by atoms with Crippen LogP contribution in [0.4, 0.5) is 0 Å². The molecule has 2 heterocycles. The lowest BCUT2D eigenvalue weighted by atomic mass is 10.1. The van der Waals surface area contributed by atoms with Crippen molar-refractivity contribution >= 4 is 11.9 Å². The van der Waals surface area contributed by atoms with E-state index >= 15 is 0 Å². The fourth-order valence-corrected chi connectivity index (χ4v) is 2.17. The third-order valence-electron chi connectivity index (χ3n) is 3.25. The van der Waals surface area contributed by atoms with Crippen molar-refractivity contribution in [2.45, 2.75) is 32.3 Å². The summed E-state index contributed by atoms with van der Waals surface area (Å²) in [6.45, 7) is 3.13. The molecule has 2 rings (SSSR count). The fourth-order valence-electron chi connectivity index (χ4n) is 2.17. The second-order valence-corrected chi connectivity index (χ2v) is 4.83. The number of aromatic nitrogens is 1. The summed E-state index contributed by atoms with van der Waals surface area (Å²) >= 11 is 0. The number of nitrogens with zero attached hydrogens (tertiary/aromatic N) is 2. The van der Waals surface area contributed by atoms with E-state index in [-0.39, 0.29) is 25.0 Å². The van der Waals surface area contributed by atoms with Gasteiger partial charge in [-0.25, -0.2) is 0 Å². The SMILES string of the molecule is Cc1cc(C(=O)N2CCC(OCCC(=O)O)CC2)no1. The van der Waals surface area contributed by atoms with Crippen molar-refractivity contribution in [3.8, 4) is 0 Å². The molecule has 1 amide bonds. The second kappa shape index (κ2) is 6.51. The maximum absolute atomic E-state index is 12.1. The van der Waals surface area contributed by atoms with Gasteiger partial charge in [-0.05, 0) is 19.8 Å². The van der Waals surface area contributed by atoms with Gasteiger partial charge in [0.05, 0.1) is 19.1 Å². The number of carbonyl (C=O) groups is 2. The molecule has 7 heteroatoms. The smallest absolute Gasteiger partial charge is 0.305 e. The van der Waals surface area contributed by atoms with Crippen LogP contribution in [0.2, 0.25) is 0 Å². The zero-order valence-corrected chi connectivity index (χ0v) is 11.4. The lowest BCUT2D eigenvalue weighted by Gasteiger charge is -2.31. The van der Waals surface area contributed by atoms with Crippen LogP contribution in [0.25, 0.3) is 0 Å². The summed E-state index contributed by atoms with van der Waals surface area (Å²) in [6.07, 6.45) is 1.46.